The van der Waals surface area contributed by atoms with E-state index in [-0.39, 0.29) is 11.8 Å². The van der Waals surface area contributed by atoms with E-state index in [4.69, 9.17) is 11.5 Å². The van der Waals surface area contributed by atoms with Crippen molar-refractivity contribution in [3.63, 3.8) is 0 Å². The zero-order valence-corrected chi connectivity index (χ0v) is 35.0. The summed E-state index contributed by atoms with van der Waals surface area (Å²) in [5, 5.41) is 0. The van der Waals surface area contributed by atoms with Crippen LogP contribution in [0.3, 0.4) is 0 Å². The number of amides is 2. The van der Waals surface area contributed by atoms with E-state index < -0.39 is 0 Å². The number of primary amides is 2. The zero-order chi connectivity index (χ0) is 37.7. The first-order valence-electron chi connectivity index (χ1n) is 23.5. The van der Waals surface area contributed by atoms with E-state index in [2.05, 4.69) is 24.3 Å². The van der Waals surface area contributed by atoms with E-state index in [1.54, 1.807) is 0 Å². The fourth-order valence-electron chi connectivity index (χ4n) is 7.42. The Balaban J connectivity index is 3.13. The van der Waals surface area contributed by atoms with E-state index in [1.165, 1.54) is 231 Å². The number of nitrogens with two attached hydrogens (primary N) is 2. The van der Waals surface area contributed by atoms with Crippen molar-refractivity contribution in [3.05, 3.63) is 24.3 Å². The highest BCUT2D eigenvalue weighted by molar-refractivity contribution is 5.73. The monoisotopic (exact) mass is 729 g/mol. The molecule has 0 aromatic heterocycles. The van der Waals surface area contributed by atoms with Crippen LogP contribution in [0.5, 0.6) is 0 Å². The molecule has 306 valence electrons. The van der Waals surface area contributed by atoms with Gasteiger partial charge in [0.2, 0.25) is 11.8 Å². The maximum atomic E-state index is 10.7. The van der Waals surface area contributed by atoms with Gasteiger partial charge in [-0.3, -0.25) is 9.59 Å². The minimum atomic E-state index is -0.156. The third kappa shape index (κ3) is 48.4. The Hall–Kier alpha value is -1.58. The van der Waals surface area contributed by atoms with Crippen molar-refractivity contribution in [3.8, 4) is 0 Å². The number of allylic oxidation sites excluding steroid dienone is 4. The SMILES string of the molecule is NC(=O)CCCCCCCCCCC/C=C\CCCCCCCCCCCCCCCCCCCC/C=C\CCCCCCCCCCCC(N)=O. The standard InChI is InChI=1S/C48H92N2O2/c49-47(51)45-43-41-39-37-35-33-31-29-27-25-23-21-19-17-15-13-11-9-7-5-3-1-2-4-6-8-10-12-14-16-18-20-22-24-26-28-30-32-34-36-38-40-42-44-46-48(50)52/h21-24H,1-20,25-46H2,(H2,49,51)(H2,50,52)/b23-21-,24-22-. The van der Waals surface area contributed by atoms with Crippen molar-refractivity contribution in [1.29, 1.82) is 0 Å². The van der Waals surface area contributed by atoms with Crippen LogP contribution in [0.25, 0.3) is 0 Å². The topological polar surface area (TPSA) is 86.2 Å². The van der Waals surface area contributed by atoms with Crippen LogP contribution in [-0.4, -0.2) is 11.8 Å². The molecular weight excluding hydrogens is 637 g/mol. The highest BCUT2D eigenvalue weighted by atomic mass is 16.1. The smallest absolute Gasteiger partial charge is 0.217 e. The molecule has 4 heteroatoms. The van der Waals surface area contributed by atoms with E-state index in [1.807, 2.05) is 0 Å². The first-order valence-corrected chi connectivity index (χ1v) is 23.5. The number of unbranched alkanes of at least 4 members (excludes halogenated alkanes) is 37. The van der Waals surface area contributed by atoms with Crippen LogP contribution in [0.15, 0.2) is 24.3 Å². The molecule has 0 aromatic carbocycles. The number of hydrogen-bond acceptors (Lipinski definition) is 2. The maximum Gasteiger partial charge on any atom is 0.217 e. The number of hydrogen-bond donors (Lipinski definition) is 2. The molecule has 0 saturated carbocycles. The average Bonchev–Trinajstić information content (AvgIpc) is 3.12. The van der Waals surface area contributed by atoms with E-state index in [0.29, 0.717) is 12.8 Å². The molecule has 0 spiro atoms. The summed E-state index contributed by atoms with van der Waals surface area (Å²) >= 11 is 0. The Kier molecular flexibility index (Phi) is 44.2. The predicted octanol–water partition coefficient (Wildman–Crippen LogP) is 15.5. The predicted molar refractivity (Wildman–Crippen MR) is 231 cm³/mol. The Morgan fingerprint density at radius 2 is 0.365 bits per heavy atom. The van der Waals surface area contributed by atoms with Crippen LogP contribution in [0.4, 0.5) is 0 Å². The molecule has 0 aliphatic rings. The second-order valence-corrected chi connectivity index (χ2v) is 16.3. The summed E-state index contributed by atoms with van der Waals surface area (Å²) in [7, 11) is 0. The van der Waals surface area contributed by atoms with Crippen LogP contribution >= 0.6 is 0 Å². The zero-order valence-electron chi connectivity index (χ0n) is 35.0. The Bertz CT molecular complexity index is 712. The molecule has 4 N–H and O–H groups in total. The Morgan fingerprint density at radius 3 is 0.519 bits per heavy atom. The minimum Gasteiger partial charge on any atom is -0.370 e. The van der Waals surface area contributed by atoms with Crippen molar-refractivity contribution < 1.29 is 9.59 Å². The summed E-state index contributed by atoms with van der Waals surface area (Å²) in [5.74, 6) is -0.311. The lowest BCUT2D eigenvalue weighted by molar-refractivity contribution is -0.119. The van der Waals surface area contributed by atoms with Gasteiger partial charge in [0.15, 0.2) is 0 Å². The number of carbonyl (C=O) groups is 2. The number of carbonyl (C=O) groups excluding carboxylic acids is 2. The van der Waals surface area contributed by atoms with Crippen molar-refractivity contribution in [2.24, 2.45) is 11.5 Å². The Morgan fingerprint density at radius 1 is 0.231 bits per heavy atom. The third-order valence-electron chi connectivity index (χ3n) is 10.9. The molecule has 2 amide bonds. The summed E-state index contributed by atoms with van der Waals surface area (Å²) in [5.41, 5.74) is 10.4. The molecule has 0 unspecified atom stereocenters. The van der Waals surface area contributed by atoms with Crippen molar-refractivity contribution in [1.82, 2.24) is 0 Å². The summed E-state index contributed by atoms with van der Waals surface area (Å²) in [4.78, 5) is 21.4. The molecule has 0 aromatic rings. The number of rotatable bonds is 45. The van der Waals surface area contributed by atoms with E-state index in [9.17, 15) is 9.59 Å². The van der Waals surface area contributed by atoms with Gasteiger partial charge in [-0.25, -0.2) is 0 Å². The van der Waals surface area contributed by atoms with E-state index in [0.717, 1.165) is 25.7 Å². The van der Waals surface area contributed by atoms with Crippen molar-refractivity contribution >= 4 is 11.8 Å². The summed E-state index contributed by atoms with van der Waals surface area (Å²) in [6, 6.07) is 0. The van der Waals surface area contributed by atoms with Gasteiger partial charge in [0.25, 0.3) is 0 Å². The molecule has 0 saturated heterocycles. The summed E-state index contributed by atoms with van der Waals surface area (Å²) in [6.45, 7) is 0. The van der Waals surface area contributed by atoms with Gasteiger partial charge >= 0.3 is 0 Å². The van der Waals surface area contributed by atoms with Gasteiger partial charge in [0, 0.05) is 12.8 Å². The molecule has 0 fully saturated rings. The third-order valence-corrected chi connectivity index (χ3v) is 10.9. The lowest BCUT2D eigenvalue weighted by Gasteiger charge is -2.04. The molecule has 0 bridgehead atoms. The van der Waals surface area contributed by atoms with Gasteiger partial charge in [-0.1, -0.05) is 217 Å². The van der Waals surface area contributed by atoms with Crippen LogP contribution in [0, 0.1) is 0 Å². The van der Waals surface area contributed by atoms with Crippen LogP contribution < -0.4 is 11.5 Å². The molecule has 0 aliphatic carbocycles. The first kappa shape index (κ1) is 50.4. The quantitative estimate of drug-likeness (QED) is 0.0483. The minimum absolute atomic E-state index is 0.156. The second kappa shape index (κ2) is 45.6. The summed E-state index contributed by atoms with van der Waals surface area (Å²) in [6.07, 6.45) is 64.8. The normalized spacial score (nSPS) is 11.8. The average molecular weight is 729 g/mol. The van der Waals surface area contributed by atoms with Gasteiger partial charge in [-0.2, -0.15) is 0 Å². The first-order chi connectivity index (χ1) is 25.6. The van der Waals surface area contributed by atoms with Crippen LogP contribution in [0.1, 0.15) is 270 Å². The maximum absolute atomic E-state index is 10.7. The van der Waals surface area contributed by atoms with Gasteiger partial charge in [-0.15, -0.1) is 0 Å². The molecule has 0 radical (unpaired) electrons. The Labute approximate surface area is 326 Å². The largest absolute Gasteiger partial charge is 0.370 e. The van der Waals surface area contributed by atoms with Crippen LogP contribution in [-0.2, 0) is 9.59 Å². The molecule has 0 aliphatic heterocycles. The fourth-order valence-corrected chi connectivity index (χ4v) is 7.42. The van der Waals surface area contributed by atoms with E-state index >= 15 is 0 Å². The molecule has 0 heterocycles. The van der Waals surface area contributed by atoms with Crippen molar-refractivity contribution in [2.45, 2.75) is 270 Å². The van der Waals surface area contributed by atoms with Gasteiger partial charge in [-0.05, 0) is 64.2 Å². The molecule has 4 nitrogen and oxygen atoms in total. The highest BCUT2D eigenvalue weighted by Gasteiger charge is 1.98. The highest BCUT2D eigenvalue weighted by Crippen LogP contribution is 2.16. The van der Waals surface area contributed by atoms with Gasteiger partial charge in [0.1, 0.15) is 0 Å². The molecule has 0 rings (SSSR count). The molecule has 0 atom stereocenters. The molecule has 52 heavy (non-hydrogen) atoms. The molecular formula is C48H92N2O2. The lowest BCUT2D eigenvalue weighted by atomic mass is 10.0. The lowest BCUT2D eigenvalue weighted by Crippen LogP contribution is -2.09. The van der Waals surface area contributed by atoms with Crippen LogP contribution in [0.2, 0.25) is 0 Å². The summed E-state index contributed by atoms with van der Waals surface area (Å²) < 4.78 is 0. The second-order valence-electron chi connectivity index (χ2n) is 16.3. The van der Waals surface area contributed by atoms with Gasteiger partial charge in [0.05, 0.1) is 0 Å². The fraction of sp³-hybridized carbons (Fsp3) is 0.875. The van der Waals surface area contributed by atoms with Crippen molar-refractivity contribution in [2.75, 3.05) is 0 Å². The van der Waals surface area contributed by atoms with Gasteiger partial charge < -0.3 is 11.5 Å².